The molecule has 0 spiro atoms. The van der Waals surface area contributed by atoms with E-state index in [1.165, 1.54) is 23.2 Å². The molecule has 4 rings (SSSR count). The van der Waals surface area contributed by atoms with Crippen molar-refractivity contribution in [1.29, 1.82) is 0 Å². The number of rotatable bonds is 7. The zero-order valence-electron chi connectivity index (χ0n) is 22.1. The van der Waals surface area contributed by atoms with Crippen LogP contribution in [0.15, 0.2) is 59.7 Å². The summed E-state index contributed by atoms with van der Waals surface area (Å²) >= 11 is 0. The number of carbonyl (C=O) groups is 3. The van der Waals surface area contributed by atoms with Gasteiger partial charge in [0, 0.05) is 26.6 Å². The van der Waals surface area contributed by atoms with Gasteiger partial charge in [0.25, 0.3) is 5.91 Å². The SMILES string of the molecule is CN1N=C2CCN(C(=O)[C@@H](COc3ccccc3F)NC(=O)OC(C)(C)C)C[C@@]2(Cc2ccccc2)C1=O. The van der Waals surface area contributed by atoms with Gasteiger partial charge in [0.05, 0.1) is 5.71 Å². The molecule has 1 fully saturated rings. The second kappa shape index (κ2) is 10.8. The predicted octanol–water partition coefficient (Wildman–Crippen LogP) is 3.39. The summed E-state index contributed by atoms with van der Waals surface area (Å²) in [6.45, 7) is 5.20. The molecule has 0 bridgehead atoms. The minimum absolute atomic E-state index is 0.0440. The number of piperidine rings is 1. The van der Waals surface area contributed by atoms with Crippen molar-refractivity contribution in [2.24, 2.45) is 10.5 Å². The standard InChI is InChI=1S/C28H33FN4O5/c1-27(2,3)38-26(36)30-21(17-37-22-13-9-8-12-20(22)29)24(34)33-15-14-23-28(18-33,25(35)32(4)31-23)16-19-10-6-5-7-11-19/h5-13,21H,14-18H2,1-4H3,(H,30,36)/t21-,28-/m1/s1. The van der Waals surface area contributed by atoms with Gasteiger partial charge in [0.15, 0.2) is 11.6 Å². The van der Waals surface area contributed by atoms with E-state index in [0.29, 0.717) is 19.4 Å². The van der Waals surface area contributed by atoms with Gasteiger partial charge in [-0.3, -0.25) is 9.59 Å². The maximum absolute atomic E-state index is 14.2. The zero-order valence-corrected chi connectivity index (χ0v) is 22.1. The molecular weight excluding hydrogens is 491 g/mol. The molecule has 1 saturated heterocycles. The van der Waals surface area contributed by atoms with Crippen molar-refractivity contribution < 1.29 is 28.2 Å². The van der Waals surface area contributed by atoms with Crippen LogP contribution in [0.5, 0.6) is 5.75 Å². The van der Waals surface area contributed by atoms with E-state index in [4.69, 9.17) is 9.47 Å². The van der Waals surface area contributed by atoms with Gasteiger partial charge in [-0.2, -0.15) is 5.10 Å². The van der Waals surface area contributed by atoms with E-state index in [1.807, 2.05) is 30.3 Å². The summed E-state index contributed by atoms with van der Waals surface area (Å²) in [5, 5.41) is 8.39. The molecule has 0 unspecified atom stereocenters. The van der Waals surface area contributed by atoms with E-state index < -0.39 is 34.9 Å². The number of carbonyl (C=O) groups excluding carboxylic acids is 3. The Morgan fingerprint density at radius 3 is 2.50 bits per heavy atom. The minimum Gasteiger partial charge on any atom is -0.488 e. The normalized spacial score (nSPS) is 19.9. The molecule has 9 nitrogen and oxygen atoms in total. The number of halogens is 1. The maximum Gasteiger partial charge on any atom is 0.408 e. The molecule has 202 valence electrons. The van der Waals surface area contributed by atoms with Crippen molar-refractivity contribution in [2.75, 3.05) is 26.7 Å². The first kappa shape index (κ1) is 27.1. The van der Waals surface area contributed by atoms with Crippen molar-refractivity contribution in [3.8, 4) is 5.75 Å². The largest absolute Gasteiger partial charge is 0.488 e. The Balaban J connectivity index is 1.58. The van der Waals surface area contributed by atoms with Crippen molar-refractivity contribution in [3.63, 3.8) is 0 Å². The van der Waals surface area contributed by atoms with Gasteiger partial charge in [0.2, 0.25) is 5.91 Å². The maximum atomic E-state index is 14.2. The zero-order chi connectivity index (χ0) is 27.5. The lowest BCUT2D eigenvalue weighted by molar-refractivity contribution is -0.141. The number of hydrogen-bond donors (Lipinski definition) is 1. The molecule has 2 aromatic carbocycles. The molecule has 2 aliphatic rings. The molecule has 38 heavy (non-hydrogen) atoms. The fourth-order valence-electron chi connectivity index (χ4n) is 4.80. The highest BCUT2D eigenvalue weighted by Gasteiger charge is 2.54. The van der Waals surface area contributed by atoms with Gasteiger partial charge in [-0.25, -0.2) is 14.2 Å². The lowest BCUT2D eigenvalue weighted by Crippen LogP contribution is -2.60. The van der Waals surface area contributed by atoms with Crippen LogP contribution in [0.4, 0.5) is 9.18 Å². The Kier molecular flexibility index (Phi) is 7.71. The minimum atomic E-state index is -1.18. The number of hydrogen-bond acceptors (Lipinski definition) is 6. The number of nitrogens with one attached hydrogen (secondary N) is 1. The van der Waals surface area contributed by atoms with Crippen LogP contribution in [-0.2, 0) is 20.7 Å². The molecular formula is C28H33FN4O5. The number of likely N-dealkylation sites (tertiary alicyclic amines) is 1. The van der Waals surface area contributed by atoms with Crippen LogP contribution in [0.25, 0.3) is 0 Å². The Bertz CT molecular complexity index is 1230. The topological polar surface area (TPSA) is 101 Å². The average molecular weight is 525 g/mol. The number of amides is 3. The summed E-state index contributed by atoms with van der Waals surface area (Å²) in [6.07, 6.45) is -0.0137. The number of para-hydroxylation sites is 1. The lowest BCUT2D eigenvalue weighted by atomic mass is 9.73. The summed E-state index contributed by atoms with van der Waals surface area (Å²) in [6, 6.07) is 14.2. The van der Waals surface area contributed by atoms with Crippen LogP contribution < -0.4 is 10.1 Å². The summed E-state index contributed by atoms with van der Waals surface area (Å²) in [5.41, 5.74) is -0.116. The van der Waals surface area contributed by atoms with Crippen LogP contribution in [0.2, 0.25) is 0 Å². The first-order valence-electron chi connectivity index (χ1n) is 12.5. The predicted molar refractivity (Wildman–Crippen MR) is 139 cm³/mol. The molecule has 2 aromatic rings. The molecule has 2 heterocycles. The van der Waals surface area contributed by atoms with Crippen LogP contribution in [0.1, 0.15) is 32.8 Å². The Hall–Kier alpha value is -3.95. The van der Waals surface area contributed by atoms with Crippen LogP contribution in [-0.4, -0.2) is 71.9 Å². The van der Waals surface area contributed by atoms with E-state index in [2.05, 4.69) is 10.4 Å². The number of hydrazone groups is 1. The lowest BCUT2D eigenvalue weighted by Gasteiger charge is -2.40. The van der Waals surface area contributed by atoms with Gasteiger partial charge in [0.1, 0.15) is 23.7 Å². The average Bonchev–Trinajstić information content (AvgIpc) is 3.10. The third-order valence-corrected chi connectivity index (χ3v) is 6.50. The van der Waals surface area contributed by atoms with Crippen molar-refractivity contribution >= 4 is 23.6 Å². The van der Waals surface area contributed by atoms with Gasteiger partial charge in [-0.05, 0) is 44.9 Å². The third kappa shape index (κ3) is 5.95. The Labute approximate surface area is 221 Å². The first-order chi connectivity index (χ1) is 18.0. The molecule has 2 aliphatic heterocycles. The first-order valence-corrected chi connectivity index (χ1v) is 12.5. The van der Waals surface area contributed by atoms with E-state index in [0.717, 1.165) is 11.3 Å². The van der Waals surface area contributed by atoms with Gasteiger partial charge in [-0.1, -0.05) is 42.5 Å². The second-order valence-electron chi connectivity index (χ2n) is 10.6. The Morgan fingerprint density at radius 1 is 1.13 bits per heavy atom. The third-order valence-electron chi connectivity index (χ3n) is 6.50. The summed E-state index contributed by atoms with van der Waals surface area (Å²) in [4.78, 5) is 41.3. The summed E-state index contributed by atoms with van der Waals surface area (Å²) in [7, 11) is 1.61. The second-order valence-corrected chi connectivity index (χ2v) is 10.6. The number of nitrogens with zero attached hydrogens (tertiary/aromatic N) is 3. The van der Waals surface area contributed by atoms with Crippen LogP contribution in [0.3, 0.4) is 0 Å². The van der Waals surface area contributed by atoms with Crippen molar-refractivity contribution in [1.82, 2.24) is 15.2 Å². The van der Waals surface area contributed by atoms with Crippen molar-refractivity contribution in [2.45, 2.75) is 45.3 Å². The fraction of sp³-hybridized carbons (Fsp3) is 0.429. The van der Waals surface area contributed by atoms with E-state index in [1.54, 1.807) is 38.8 Å². The summed E-state index contributed by atoms with van der Waals surface area (Å²) < 4.78 is 25.1. The van der Waals surface area contributed by atoms with E-state index in [-0.39, 0.29) is 24.8 Å². The molecule has 1 N–H and O–H groups in total. The highest BCUT2D eigenvalue weighted by Crippen LogP contribution is 2.38. The quantitative estimate of drug-likeness (QED) is 0.599. The summed E-state index contributed by atoms with van der Waals surface area (Å²) in [5.74, 6) is -1.28. The molecule has 3 amide bonds. The number of ether oxygens (including phenoxy) is 2. The molecule has 0 aliphatic carbocycles. The Morgan fingerprint density at radius 2 is 1.82 bits per heavy atom. The number of fused-ring (bicyclic) bond motifs is 1. The number of benzene rings is 2. The molecule has 0 aromatic heterocycles. The highest BCUT2D eigenvalue weighted by molar-refractivity contribution is 6.13. The van der Waals surface area contributed by atoms with Crippen molar-refractivity contribution in [3.05, 3.63) is 66.0 Å². The molecule has 10 heteroatoms. The smallest absolute Gasteiger partial charge is 0.408 e. The van der Waals surface area contributed by atoms with Gasteiger partial charge >= 0.3 is 6.09 Å². The molecule has 0 saturated carbocycles. The highest BCUT2D eigenvalue weighted by atomic mass is 19.1. The molecule has 0 radical (unpaired) electrons. The van der Waals surface area contributed by atoms with E-state index >= 15 is 0 Å². The van der Waals surface area contributed by atoms with Gasteiger partial charge < -0.3 is 19.7 Å². The van der Waals surface area contributed by atoms with Crippen LogP contribution >= 0.6 is 0 Å². The fourth-order valence-corrected chi connectivity index (χ4v) is 4.80. The van der Waals surface area contributed by atoms with Crippen LogP contribution in [0, 0.1) is 11.2 Å². The number of alkyl carbamates (subject to hydrolysis) is 1. The monoisotopic (exact) mass is 524 g/mol. The van der Waals surface area contributed by atoms with Gasteiger partial charge in [-0.15, -0.1) is 0 Å². The molecule has 2 atom stereocenters. The van der Waals surface area contributed by atoms with E-state index in [9.17, 15) is 18.8 Å².